The van der Waals surface area contributed by atoms with Crippen LogP contribution in [0.15, 0.2) is 58.8 Å². The van der Waals surface area contributed by atoms with E-state index in [1.54, 1.807) is 29.2 Å². The molecule has 3 N–H and O–H groups in total. The maximum atomic E-state index is 13.1. The number of benzene rings is 2. The van der Waals surface area contributed by atoms with E-state index in [-0.39, 0.29) is 16.0 Å². The van der Waals surface area contributed by atoms with E-state index in [1.165, 1.54) is 22.7 Å². The van der Waals surface area contributed by atoms with Gasteiger partial charge in [-0.2, -0.15) is 4.31 Å². The van der Waals surface area contributed by atoms with Gasteiger partial charge in [0.2, 0.25) is 5.91 Å². The summed E-state index contributed by atoms with van der Waals surface area (Å²) in [5.74, 6) is -0.243. The Morgan fingerprint density at radius 1 is 1.23 bits per heavy atom. The van der Waals surface area contributed by atoms with Gasteiger partial charge in [-0.1, -0.05) is 36.4 Å². The van der Waals surface area contributed by atoms with Gasteiger partial charge in [0, 0.05) is 30.4 Å². The van der Waals surface area contributed by atoms with Crippen LogP contribution in [0.4, 0.5) is 0 Å². The van der Waals surface area contributed by atoms with Crippen LogP contribution in [0.2, 0.25) is 0 Å². The van der Waals surface area contributed by atoms with Gasteiger partial charge in [0.15, 0.2) is 0 Å². The lowest BCUT2D eigenvalue weighted by atomic mass is 10.1. The van der Waals surface area contributed by atoms with Gasteiger partial charge in [-0.3, -0.25) is 10.2 Å². The molecule has 0 spiro atoms. The summed E-state index contributed by atoms with van der Waals surface area (Å²) >= 11 is 1.21. The molecule has 1 unspecified atom stereocenters. The number of sulfonamides is 1. The van der Waals surface area contributed by atoms with Crippen LogP contribution in [-0.4, -0.2) is 49.0 Å². The summed E-state index contributed by atoms with van der Waals surface area (Å²) in [7, 11) is -2.30. The molecule has 156 valence electrons. The molecule has 2 aromatic carbocycles. The Balaban J connectivity index is 1.52. The quantitative estimate of drug-likeness (QED) is 0.452. The number of likely N-dealkylation sites (N-methyl/N-ethyl adjacent to an activating group) is 1. The number of amidine groups is 1. The van der Waals surface area contributed by atoms with Crippen molar-refractivity contribution in [3.8, 4) is 0 Å². The molecule has 4 rings (SSSR count). The van der Waals surface area contributed by atoms with Gasteiger partial charge in [0.25, 0.3) is 10.0 Å². The number of hydrogen-bond acceptors (Lipinski definition) is 5. The highest BCUT2D eigenvalue weighted by Gasteiger charge is 2.40. The summed E-state index contributed by atoms with van der Waals surface area (Å²) in [5, 5.41) is 8.43. The third kappa shape index (κ3) is 3.71. The number of carbonyl (C=O) groups excluding carboxylic acids is 1. The fraction of sp³-hybridized carbons (Fsp3) is 0.238. The molecule has 7 nitrogen and oxygen atoms in total. The number of fused-ring (bicyclic) bond motifs is 1. The fourth-order valence-electron chi connectivity index (χ4n) is 3.67. The number of carbonyl (C=O) groups is 1. The number of nitrogens with zero attached hydrogens (tertiary/aromatic N) is 2. The molecule has 2 heterocycles. The molecule has 3 aromatic rings. The lowest BCUT2D eigenvalue weighted by molar-refractivity contribution is -0.131. The second-order valence-electron chi connectivity index (χ2n) is 7.30. The molecule has 1 fully saturated rings. The van der Waals surface area contributed by atoms with Gasteiger partial charge in [-0.25, -0.2) is 8.42 Å². The van der Waals surface area contributed by atoms with Crippen LogP contribution in [0.25, 0.3) is 10.1 Å². The summed E-state index contributed by atoms with van der Waals surface area (Å²) < 4.78 is 28.6. The molecule has 1 saturated heterocycles. The molecule has 0 radical (unpaired) electrons. The van der Waals surface area contributed by atoms with Crippen molar-refractivity contribution in [1.29, 1.82) is 5.41 Å². The highest BCUT2D eigenvalue weighted by atomic mass is 32.2. The third-order valence-corrected chi connectivity index (χ3v) is 8.79. The average Bonchev–Trinajstić information content (AvgIpc) is 3.32. The standard InChI is InChI=1S/C21H22N4O3S2/c1-24(30(27,28)19-12-15-6-2-3-8-18(15)29-19)17-9-10-25(21(17)26)13-14-5-4-7-16(11-14)20(22)23/h2-8,11-12,17H,9-10,13H2,1H3,(H3,22,23). The van der Waals surface area contributed by atoms with Crippen molar-refractivity contribution in [3.05, 3.63) is 65.7 Å². The predicted molar refractivity (Wildman–Crippen MR) is 118 cm³/mol. The van der Waals surface area contributed by atoms with Crippen LogP contribution in [0.1, 0.15) is 17.5 Å². The van der Waals surface area contributed by atoms with E-state index in [2.05, 4.69) is 0 Å². The summed E-state index contributed by atoms with van der Waals surface area (Å²) in [6, 6.07) is 15.6. The second kappa shape index (κ2) is 7.82. The molecule has 1 aliphatic heterocycles. The Morgan fingerprint density at radius 2 is 2.00 bits per heavy atom. The van der Waals surface area contributed by atoms with Crippen LogP contribution in [0.3, 0.4) is 0 Å². The molecule has 0 saturated carbocycles. The van der Waals surface area contributed by atoms with Crippen LogP contribution in [0, 0.1) is 5.41 Å². The number of hydrogen-bond donors (Lipinski definition) is 2. The number of thiophene rings is 1. The Morgan fingerprint density at radius 3 is 2.73 bits per heavy atom. The summed E-state index contributed by atoms with van der Waals surface area (Å²) in [6.07, 6.45) is 0.436. The van der Waals surface area contributed by atoms with E-state index >= 15 is 0 Å². The number of likely N-dealkylation sites (tertiary alicyclic amines) is 1. The molecular weight excluding hydrogens is 420 g/mol. The van der Waals surface area contributed by atoms with Crippen molar-refractivity contribution in [1.82, 2.24) is 9.21 Å². The molecule has 1 aliphatic rings. The highest BCUT2D eigenvalue weighted by Crippen LogP contribution is 2.32. The van der Waals surface area contributed by atoms with E-state index in [0.29, 0.717) is 25.1 Å². The zero-order valence-electron chi connectivity index (χ0n) is 16.4. The first kappa shape index (κ1) is 20.5. The van der Waals surface area contributed by atoms with E-state index in [1.807, 2.05) is 30.3 Å². The Labute approximate surface area is 179 Å². The SMILES string of the molecule is CN(C1CCN(Cc2cccc(C(=N)N)c2)C1=O)S(=O)(=O)c1cc2ccccc2s1. The maximum absolute atomic E-state index is 13.1. The normalized spacial score (nSPS) is 17.2. The minimum atomic E-state index is -3.77. The molecule has 30 heavy (non-hydrogen) atoms. The van der Waals surface area contributed by atoms with Crippen LogP contribution < -0.4 is 5.73 Å². The summed E-state index contributed by atoms with van der Waals surface area (Å²) in [4.78, 5) is 14.6. The van der Waals surface area contributed by atoms with Crippen LogP contribution in [-0.2, 0) is 21.4 Å². The monoisotopic (exact) mass is 442 g/mol. The molecule has 9 heteroatoms. The lowest BCUT2D eigenvalue weighted by Gasteiger charge is -2.23. The minimum Gasteiger partial charge on any atom is -0.384 e. The Hall–Kier alpha value is -2.75. The number of rotatable bonds is 6. The van der Waals surface area contributed by atoms with Crippen molar-refractivity contribution in [2.75, 3.05) is 13.6 Å². The van der Waals surface area contributed by atoms with E-state index in [9.17, 15) is 13.2 Å². The summed E-state index contributed by atoms with van der Waals surface area (Å²) in [6.45, 7) is 0.827. The number of amides is 1. The molecular formula is C21H22N4O3S2. The fourth-order valence-corrected chi connectivity index (χ4v) is 6.60. The molecule has 1 aromatic heterocycles. The van der Waals surface area contributed by atoms with Crippen LogP contribution >= 0.6 is 11.3 Å². The predicted octanol–water partition coefficient (Wildman–Crippen LogP) is 2.61. The van der Waals surface area contributed by atoms with Crippen molar-refractivity contribution in [2.24, 2.45) is 5.73 Å². The molecule has 1 amide bonds. The zero-order valence-corrected chi connectivity index (χ0v) is 18.0. The lowest BCUT2D eigenvalue weighted by Crippen LogP contribution is -2.42. The topological polar surface area (TPSA) is 108 Å². The molecule has 1 atom stereocenters. The Bertz CT molecular complexity index is 1200. The maximum Gasteiger partial charge on any atom is 0.253 e. The van der Waals surface area contributed by atoms with Gasteiger partial charge in [-0.15, -0.1) is 11.3 Å². The first-order valence-corrected chi connectivity index (χ1v) is 11.7. The number of nitrogens with two attached hydrogens (primary N) is 1. The van der Waals surface area contributed by atoms with Crippen molar-refractivity contribution in [3.63, 3.8) is 0 Å². The summed E-state index contributed by atoms with van der Waals surface area (Å²) in [5.41, 5.74) is 6.99. The van der Waals surface area contributed by atoms with Gasteiger partial charge < -0.3 is 10.6 Å². The highest BCUT2D eigenvalue weighted by molar-refractivity contribution is 7.91. The smallest absolute Gasteiger partial charge is 0.253 e. The van der Waals surface area contributed by atoms with Gasteiger partial charge in [0.05, 0.1) is 0 Å². The first-order chi connectivity index (χ1) is 14.3. The van der Waals surface area contributed by atoms with E-state index in [0.717, 1.165) is 15.6 Å². The van der Waals surface area contributed by atoms with Crippen molar-refractivity contribution >= 4 is 43.2 Å². The van der Waals surface area contributed by atoms with Gasteiger partial charge in [-0.05, 0) is 35.6 Å². The van der Waals surface area contributed by atoms with Crippen molar-refractivity contribution in [2.45, 2.75) is 23.2 Å². The van der Waals surface area contributed by atoms with Crippen LogP contribution in [0.5, 0.6) is 0 Å². The van der Waals surface area contributed by atoms with Gasteiger partial charge >= 0.3 is 0 Å². The van der Waals surface area contributed by atoms with Gasteiger partial charge in [0.1, 0.15) is 16.1 Å². The third-order valence-electron chi connectivity index (χ3n) is 5.36. The molecule has 0 aliphatic carbocycles. The molecule has 0 bridgehead atoms. The first-order valence-electron chi connectivity index (χ1n) is 9.46. The minimum absolute atomic E-state index is 0.0309. The largest absolute Gasteiger partial charge is 0.384 e. The number of nitrogens with one attached hydrogen (secondary N) is 1. The second-order valence-corrected chi connectivity index (χ2v) is 10.6. The Kier molecular flexibility index (Phi) is 5.35. The van der Waals surface area contributed by atoms with Crippen molar-refractivity contribution < 1.29 is 13.2 Å². The number of nitrogen functional groups attached to an aromatic ring is 1. The van der Waals surface area contributed by atoms with E-state index in [4.69, 9.17) is 11.1 Å². The zero-order chi connectivity index (χ0) is 21.5. The van der Waals surface area contributed by atoms with E-state index < -0.39 is 16.1 Å². The average molecular weight is 443 g/mol.